The Labute approximate surface area is 140 Å². The fourth-order valence-electron chi connectivity index (χ4n) is 1.98. The highest BCUT2D eigenvalue weighted by Gasteiger charge is 2.07. The Morgan fingerprint density at radius 3 is 2.91 bits per heavy atom. The Kier molecular flexibility index (Phi) is 6.46. The van der Waals surface area contributed by atoms with E-state index in [-0.39, 0.29) is 6.03 Å². The Bertz CT molecular complexity index is 629. The van der Waals surface area contributed by atoms with Gasteiger partial charge in [-0.2, -0.15) is 5.10 Å². The van der Waals surface area contributed by atoms with Crippen LogP contribution in [-0.4, -0.2) is 33.0 Å². The van der Waals surface area contributed by atoms with Gasteiger partial charge in [0.1, 0.15) is 12.2 Å². The number of anilines is 1. The lowest BCUT2D eigenvalue weighted by Crippen LogP contribution is -2.30. The molecule has 0 saturated heterocycles. The van der Waals surface area contributed by atoms with Crippen LogP contribution in [0.3, 0.4) is 0 Å². The van der Waals surface area contributed by atoms with Crippen LogP contribution in [0.5, 0.6) is 0 Å². The zero-order valence-electron chi connectivity index (χ0n) is 13.7. The van der Waals surface area contributed by atoms with Crippen molar-refractivity contribution >= 4 is 23.5 Å². The maximum absolute atomic E-state index is 11.9. The predicted octanol–water partition coefficient (Wildman–Crippen LogP) is 3.37. The maximum atomic E-state index is 11.9. The van der Waals surface area contributed by atoms with Crippen molar-refractivity contribution in [3.8, 4) is 0 Å². The summed E-state index contributed by atoms with van der Waals surface area (Å²) in [5.74, 6) is 0.757. The summed E-state index contributed by atoms with van der Waals surface area (Å²) in [4.78, 5) is 17.2. The van der Waals surface area contributed by atoms with E-state index < -0.39 is 0 Å². The molecule has 1 aromatic carbocycles. The fraction of sp³-hybridized carbons (Fsp3) is 0.438. The molecule has 124 valence electrons. The van der Waals surface area contributed by atoms with Gasteiger partial charge in [0.25, 0.3) is 0 Å². The van der Waals surface area contributed by atoms with Gasteiger partial charge in [-0.1, -0.05) is 13.8 Å². The van der Waals surface area contributed by atoms with Crippen LogP contribution in [0.2, 0.25) is 0 Å². The van der Waals surface area contributed by atoms with E-state index >= 15 is 0 Å². The first-order valence-electron chi connectivity index (χ1n) is 7.75. The Balaban J connectivity index is 1.83. The first-order valence-corrected chi connectivity index (χ1v) is 8.63. The molecule has 2 aromatic rings. The molecule has 6 nitrogen and oxygen atoms in total. The third-order valence-electron chi connectivity index (χ3n) is 3.47. The summed E-state index contributed by atoms with van der Waals surface area (Å²) in [6.07, 6.45) is 3.21. The van der Waals surface area contributed by atoms with Crippen molar-refractivity contribution in [3.63, 3.8) is 0 Å². The number of hydrogen-bond acceptors (Lipinski definition) is 4. The van der Waals surface area contributed by atoms with E-state index in [0.717, 1.165) is 23.5 Å². The van der Waals surface area contributed by atoms with Crippen LogP contribution >= 0.6 is 11.8 Å². The van der Waals surface area contributed by atoms with Crippen molar-refractivity contribution in [3.05, 3.63) is 35.9 Å². The van der Waals surface area contributed by atoms with Gasteiger partial charge >= 0.3 is 6.03 Å². The maximum Gasteiger partial charge on any atom is 0.319 e. The molecule has 1 aromatic heterocycles. The standard InChI is InChI=1S/C16H23N5OS/c1-4-12(3)23-13-5-6-14(11(2)9-13)20-16(22)17-8-7-15-18-10-19-21-15/h5-6,9-10,12H,4,7-8H2,1-3H3,(H2,17,20,22)(H,18,19,21)/t12-/m0/s1. The van der Waals surface area contributed by atoms with Gasteiger partial charge < -0.3 is 10.6 Å². The molecule has 2 rings (SSSR count). The van der Waals surface area contributed by atoms with Crippen LogP contribution in [0, 0.1) is 6.92 Å². The number of H-pyrrole nitrogens is 1. The van der Waals surface area contributed by atoms with Gasteiger partial charge in [-0.05, 0) is 37.1 Å². The molecule has 7 heteroatoms. The van der Waals surface area contributed by atoms with Gasteiger partial charge in [-0.25, -0.2) is 9.78 Å². The summed E-state index contributed by atoms with van der Waals surface area (Å²) < 4.78 is 0. The number of urea groups is 1. The second-order valence-corrected chi connectivity index (χ2v) is 6.89. The summed E-state index contributed by atoms with van der Waals surface area (Å²) in [5, 5.41) is 12.8. The van der Waals surface area contributed by atoms with Gasteiger partial charge in [-0.15, -0.1) is 11.8 Å². The molecule has 2 amide bonds. The quantitative estimate of drug-likeness (QED) is 0.678. The van der Waals surface area contributed by atoms with Crippen molar-refractivity contribution in [1.29, 1.82) is 0 Å². The van der Waals surface area contributed by atoms with Crippen LogP contribution in [0.25, 0.3) is 0 Å². The third kappa shape index (κ3) is 5.59. The van der Waals surface area contributed by atoms with E-state index in [1.54, 1.807) is 0 Å². The predicted molar refractivity (Wildman–Crippen MR) is 93.9 cm³/mol. The van der Waals surface area contributed by atoms with Gasteiger partial charge in [0.15, 0.2) is 0 Å². The topological polar surface area (TPSA) is 82.7 Å². The minimum Gasteiger partial charge on any atom is -0.337 e. The summed E-state index contributed by atoms with van der Waals surface area (Å²) >= 11 is 1.85. The number of amides is 2. The first-order chi connectivity index (χ1) is 11.1. The monoisotopic (exact) mass is 333 g/mol. The van der Waals surface area contributed by atoms with Crippen LogP contribution in [0.15, 0.2) is 29.4 Å². The molecular weight excluding hydrogens is 310 g/mol. The van der Waals surface area contributed by atoms with Gasteiger partial charge in [0.2, 0.25) is 0 Å². The first kappa shape index (κ1) is 17.3. The molecule has 1 atom stereocenters. The average molecular weight is 333 g/mol. The minimum atomic E-state index is -0.213. The van der Waals surface area contributed by atoms with Crippen LogP contribution in [-0.2, 0) is 6.42 Å². The van der Waals surface area contributed by atoms with Crippen molar-refractivity contribution in [1.82, 2.24) is 20.5 Å². The van der Waals surface area contributed by atoms with E-state index in [4.69, 9.17) is 0 Å². The van der Waals surface area contributed by atoms with Crippen molar-refractivity contribution in [2.75, 3.05) is 11.9 Å². The molecule has 0 fully saturated rings. The highest BCUT2D eigenvalue weighted by molar-refractivity contribution is 7.99. The lowest BCUT2D eigenvalue weighted by molar-refractivity contribution is 0.252. The molecule has 3 N–H and O–H groups in total. The summed E-state index contributed by atoms with van der Waals surface area (Å²) in [6.45, 7) is 6.91. The molecule has 1 heterocycles. The lowest BCUT2D eigenvalue weighted by Gasteiger charge is -2.13. The Morgan fingerprint density at radius 1 is 1.43 bits per heavy atom. The van der Waals surface area contributed by atoms with Crippen molar-refractivity contribution in [2.45, 2.75) is 43.8 Å². The lowest BCUT2D eigenvalue weighted by atomic mass is 10.2. The zero-order valence-corrected chi connectivity index (χ0v) is 14.5. The zero-order chi connectivity index (χ0) is 16.7. The summed E-state index contributed by atoms with van der Waals surface area (Å²) in [6, 6.07) is 5.90. The molecule has 0 saturated carbocycles. The number of nitrogens with zero attached hydrogens (tertiary/aromatic N) is 2. The largest absolute Gasteiger partial charge is 0.337 e. The second kappa shape index (κ2) is 8.57. The molecule has 0 aliphatic rings. The molecule has 23 heavy (non-hydrogen) atoms. The average Bonchev–Trinajstić information content (AvgIpc) is 3.03. The molecule has 0 aliphatic heterocycles. The summed E-state index contributed by atoms with van der Waals surface area (Å²) in [5.41, 5.74) is 1.89. The molecule has 0 spiro atoms. The fourth-order valence-corrected chi connectivity index (χ4v) is 3.00. The number of carbonyl (C=O) groups is 1. The normalized spacial score (nSPS) is 12.0. The van der Waals surface area contributed by atoms with Gasteiger partial charge in [0.05, 0.1) is 0 Å². The number of aromatic nitrogens is 3. The SMILES string of the molecule is CC[C@H](C)Sc1ccc(NC(=O)NCCc2ncn[nH]2)c(C)c1. The van der Waals surface area contributed by atoms with E-state index in [9.17, 15) is 4.79 Å². The third-order valence-corrected chi connectivity index (χ3v) is 4.73. The van der Waals surface area contributed by atoms with Crippen LogP contribution in [0.1, 0.15) is 31.7 Å². The number of aryl methyl sites for hydroxylation is 1. The molecular formula is C16H23N5OS. The number of rotatable bonds is 7. The Morgan fingerprint density at radius 2 is 2.26 bits per heavy atom. The van der Waals surface area contributed by atoms with E-state index in [1.807, 2.05) is 30.8 Å². The van der Waals surface area contributed by atoms with Crippen LogP contribution < -0.4 is 10.6 Å². The smallest absolute Gasteiger partial charge is 0.319 e. The van der Waals surface area contributed by atoms with Crippen LogP contribution in [0.4, 0.5) is 10.5 Å². The van der Waals surface area contributed by atoms with Gasteiger partial charge in [-0.3, -0.25) is 5.10 Å². The number of thioether (sulfide) groups is 1. The number of aromatic amines is 1. The molecule has 0 bridgehead atoms. The molecule has 0 unspecified atom stereocenters. The number of benzene rings is 1. The second-order valence-electron chi connectivity index (χ2n) is 5.38. The van der Waals surface area contributed by atoms with Gasteiger partial charge in [0, 0.05) is 28.8 Å². The van der Waals surface area contributed by atoms with E-state index in [0.29, 0.717) is 18.2 Å². The Hall–Kier alpha value is -2.02. The molecule has 0 radical (unpaired) electrons. The number of hydrogen-bond donors (Lipinski definition) is 3. The van der Waals surface area contributed by atoms with Crippen molar-refractivity contribution < 1.29 is 4.79 Å². The highest BCUT2D eigenvalue weighted by atomic mass is 32.2. The number of carbonyl (C=O) groups excluding carboxylic acids is 1. The van der Waals surface area contributed by atoms with Crippen molar-refractivity contribution in [2.24, 2.45) is 0 Å². The summed E-state index contributed by atoms with van der Waals surface area (Å²) in [7, 11) is 0. The number of nitrogens with one attached hydrogen (secondary N) is 3. The highest BCUT2D eigenvalue weighted by Crippen LogP contribution is 2.28. The van der Waals surface area contributed by atoms with E-state index in [2.05, 4.69) is 45.7 Å². The minimum absolute atomic E-state index is 0.213. The molecule has 0 aliphatic carbocycles. The van der Waals surface area contributed by atoms with E-state index in [1.165, 1.54) is 11.2 Å².